The standard InChI is InChI=1S/C17H21N3O4S/c1-24-16(22)12-4-5-14(19-6-2-3-7-19)13(10-12)18-15(21)11-20-8-9-25-17(20)23/h4-5,10H,2-3,6-9,11H2,1H3,(H,18,21). The minimum atomic E-state index is -0.449. The van der Waals surface area contributed by atoms with E-state index in [-0.39, 0.29) is 17.7 Å². The summed E-state index contributed by atoms with van der Waals surface area (Å²) in [5, 5.41) is 2.79. The number of hydrogen-bond donors (Lipinski definition) is 1. The van der Waals surface area contributed by atoms with Crippen LogP contribution in [0.1, 0.15) is 23.2 Å². The van der Waals surface area contributed by atoms with Gasteiger partial charge >= 0.3 is 5.97 Å². The zero-order chi connectivity index (χ0) is 17.8. The Morgan fingerprint density at radius 1 is 1.24 bits per heavy atom. The third-order valence-corrected chi connectivity index (χ3v) is 5.21. The molecule has 25 heavy (non-hydrogen) atoms. The molecular formula is C17H21N3O4S. The maximum Gasteiger partial charge on any atom is 0.337 e. The number of rotatable bonds is 5. The summed E-state index contributed by atoms with van der Waals surface area (Å²) in [4.78, 5) is 39.6. The summed E-state index contributed by atoms with van der Waals surface area (Å²) in [5.41, 5.74) is 1.85. The lowest BCUT2D eigenvalue weighted by Crippen LogP contribution is -2.33. The van der Waals surface area contributed by atoms with E-state index >= 15 is 0 Å². The molecule has 3 rings (SSSR count). The molecule has 0 aliphatic carbocycles. The number of anilines is 2. The maximum atomic E-state index is 12.4. The quantitative estimate of drug-likeness (QED) is 0.808. The highest BCUT2D eigenvalue weighted by Gasteiger charge is 2.24. The fraction of sp³-hybridized carbons (Fsp3) is 0.471. The van der Waals surface area contributed by atoms with Gasteiger partial charge in [-0.1, -0.05) is 11.8 Å². The highest BCUT2D eigenvalue weighted by molar-refractivity contribution is 8.13. The minimum Gasteiger partial charge on any atom is -0.465 e. The number of ether oxygens (including phenoxy) is 1. The summed E-state index contributed by atoms with van der Waals surface area (Å²) in [7, 11) is 1.33. The molecule has 1 N–H and O–H groups in total. The van der Waals surface area contributed by atoms with Gasteiger partial charge in [-0.25, -0.2) is 4.79 Å². The molecule has 2 saturated heterocycles. The molecule has 2 fully saturated rings. The fourth-order valence-corrected chi connectivity index (χ4v) is 3.87. The first-order valence-corrected chi connectivity index (χ1v) is 9.26. The van der Waals surface area contributed by atoms with Crippen molar-refractivity contribution in [2.24, 2.45) is 0 Å². The molecule has 2 aliphatic heterocycles. The molecule has 0 bridgehead atoms. The van der Waals surface area contributed by atoms with Crippen molar-refractivity contribution in [2.75, 3.05) is 49.3 Å². The van der Waals surface area contributed by atoms with Crippen LogP contribution in [0.15, 0.2) is 18.2 Å². The van der Waals surface area contributed by atoms with Crippen molar-refractivity contribution in [3.05, 3.63) is 23.8 Å². The van der Waals surface area contributed by atoms with E-state index in [0.29, 0.717) is 23.5 Å². The summed E-state index contributed by atoms with van der Waals surface area (Å²) in [5.74, 6) is -0.00363. The second-order valence-corrected chi connectivity index (χ2v) is 7.05. The molecule has 2 aliphatic rings. The number of nitrogens with zero attached hydrogens (tertiary/aromatic N) is 2. The molecule has 1 aromatic rings. The molecule has 0 saturated carbocycles. The van der Waals surface area contributed by atoms with Crippen LogP contribution in [-0.2, 0) is 9.53 Å². The van der Waals surface area contributed by atoms with Gasteiger partial charge in [-0.2, -0.15) is 0 Å². The number of carbonyl (C=O) groups excluding carboxylic acids is 3. The number of amides is 2. The van der Waals surface area contributed by atoms with Gasteiger partial charge in [0.2, 0.25) is 5.91 Å². The van der Waals surface area contributed by atoms with Crippen LogP contribution in [0.2, 0.25) is 0 Å². The van der Waals surface area contributed by atoms with E-state index in [0.717, 1.165) is 31.6 Å². The van der Waals surface area contributed by atoms with Crippen molar-refractivity contribution in [3.63, 3.8) is 0 Å². The smallest absolute Gasteiger partial charge is 0.337 e. The molecule has 0 radical (unpaired) electrons. The Kier molecular flexibility index (Phi) is 5.47. The SMILES string of the molecule is COC(=O)c1ccc(N2CCCC2)c(NC(=O)CN2CCSC2=O)c1. The summed E-state index contributed by atoms with van der Waals surface area (Å²) < 4.78 is 4.76. The first kappa shape index (κ1) is 17.6. The molecule has 2 heterocycles. The van der Waals surface area contributed by atoms with Crippen LogP contribution in [-0.4, -0.2) is 61.1 Å². The molecule has 0 unspecified atom stereocenters. The van der Waals surface area contributed by atoms with Gasteiger partial charge in [0, 0.05) is 25.4 Å². The molecular weight excluding hydrogens is 342 g/mol. The van der Waals surface area contributed by atoms with Crippen LogP contribution in [0.5, 0.6) is 0 Å². The Hall–Kier alpha value is -2.22. The van der Waals surface area contributed by atoms with Gasteiger partial charge in [-0.05, 0) is 31.0 Å². The summed E-state index contributed by atoms with van der Waals surface area (Å²) in [6.45, 7) is 2.44. The van der Waals surface area contributed by atoms with E-state index in [1.165, 1.54) is 23.8 Å². The largest absolute Gasteiger partial charge is 0.465 e. The van der Waals surface area contributed by atoms with Crippen molar-refractivity contribution in [1.82, 2.24) is 4.90 Å². The number of hydrogen-bond acceptors (Lipinski definition) is 6. The van der Waals surface area contributed by atoms with E-state index in [4.69, 9.17) is 4.74 Å². The second kappa shape index (κ2) is 7.77. The topological polar surface area (TPSA) is 79.0 Å². The molecule has 7 nitrogen and oxygen atoms in total. The predicted molar refractivity (Wildman–Crippen MR) is 97.3 cm³/mol. The van der Waals surface area contributed by atoms with Crippen LogP contribution in [0.4, 0.5) is 16.2 Å². The minimum absolute atomic E-state index is 0.0216. The monoisotopic (exact) mass is 363 g/mol. The lowest BCUT2D eigenvalue weighted by molar-refractivity contribution is -0.116. The number of thioether (sulfide) groups is 1. The third kappa shape index (κ3) is 4.07. The number of methoxy groups -OCH3 is 1. The van der Waals surface area contributed by atoms with Gasteiger partial charge in [-0.15, -0.1) is 0 Å². The molecule has 1 aromatic carbocycles. The zero-order valence-electron chi connectivity index (χ0n) is 14.1. The Labute approximate surface area is 150 Å². The van der Waals surface area contributed by atoms with Crippen molar-refractivity contribution in [3.8, 4) is 0 Å². The molecule has 134 valence electrons. The summed E-state index contributed by atoms with van der Waals surface area (Å²) in [6, 6.07) is 5.18. The number of carbonyl (C=O) groups is 3. The van der Waals surface area contributed by atoms with Crippen LogP contribution < -0.4 is 10.2 Å². The van der Waals surface area contributed by atoms with Crippen molar-refractivity contribution in [2.45, 2.75) is 12.8 Å². The average molecular weight is 363 g/mol. The lowest BCUT2D eigenvalue weighted by Gasteiger charge is -2.23. The fourth-order valence-electron chi connectivity index (χ4n) is 3.05. The highest BCUT2D eigenvalue weighted by Crippen LogP contribution is 2.30. The van der Waals surface area contributed by atoms with Crippen LogP contribution in [0, 0.1) is 0 Å². The van der Waals surface area contributed by atoms with Crippen LogP contribution in [0.25, 0.3) is 0 Å². The number of nitrogens with one attached hydrogen (secondary N) is 1. The third-order valence-electron chi connectivity index (χ3n) is 4.32. The Bertz CT molecular complexity index is 688. The maximum absolute atomic E-state index is 12.4. The second-order valence-electron chi connectivity index (χ2n) is 6.00. The van der Waals surface area contributed by atoms with E-state index in [1.807, 2.05) is 6.07 Å². The van der Waals surface area contributed by atoms with Crippen LogP contribution >= 0.6 is 11.8 Å². The predicted octanol–water partition coefficient (Wildman–Crippen LogP) is 2.18. The lowest BCUT2D eigenvalue weighted by atomic mass is 10.1. The summed E-state index contributed by atoms with van der Waals surface area (Å²) in [6.07, 6.45) is 2.21. The Morgan fingerprint density at radius 2 is 2.00 bits per heavy atom. The van der Waals surface area contributed by atoms with Crippen molar-refractivity contribution >= 4 is 40.3 Å². The normalized spacial score (nSPS) is 17.1. The van der Waals surface area contributed by atoms with Crippen molar-refractivity contribution < 1.29 is 19.1 Å². The van der Waals surface area contributed by atoms with Crippen molar-refractivity contribution in [1.29, 1.82) is 0 Å². The number of benzene rings is 1. The average Bonchev–Trinajstić information content (AvgIpc) is 3.26. The molecule has 0 spiro atoms. The highest BCUT2D eigenvalue weighted by atomic mass is 32.2. The first-order chi connectivity index (χ1) is 12.1. The van der Waals surface area contributed by atoms with Gasteiger partial charge in [-0.3, -0.25) is 9.59 Å². The van der Waals surface area contributed by atoms with Crippen LogP contribution in [0.3, 0.4) is 0 Å². The summed E-state index contributed by atoms with van der Waals surface area (Å²) >= 11 is 1.22. The van der Waals surface area contributed by atoms with E-state index < -0.39 is 5.97 Å². The van der Waals surface area contributed by atoms with Gasteiger partial charge in [0.15, 0.2) is 0 Å². The number of esters is 1. The molecule has 0 atom stereocenters. The van der Waals surface area contributed by atoms with E-state index in [9.17, 15) is 14.4 Å². The molecule has 2 amide bonds. The van der Waals surface area contributed by atoms with Gasteiger partial charge in [0.25, 0.3) is 5.24 Å². The van der Waals surface area contributed by atoms with E-state index in [2.05, 4.69) is 10.2 Å². The Balaban J connectivity index is 1.79. The van der Waals surface area contributed by atoms with Gasteiger partial charge < -0.3 is 19.9 Å². The van der Waals surface area contributed by atoms with Gasteiger partial charge in [0.05, 0.1) is 24.0 Å². The molecule has 0 aromatic heterocycles. The zero-order valence-corrected chi connectivity index (χ0v) is 14.9. The van der Waals surface area contributed by atoms with E-state index in [1.54, 1.807) is 12.1 Å². The van der Waals surface area contributed by atoms with Gasteiger partial charge in [0.1, 0.15) is 6.54 Å². The Morgan fingerprint density at radius 3 is 2.64 bits per heavy atom. The molecule has 8 heteroatoms. The first-order valence-electron chi connectivity index (χ1n) is 8.27.